The van der Waals surface area contributed by atoms with Crippen LogP contribution in [0.15, 0.2) is 56.7 Å². The number of rotatable bonds is 4. The van der Waals surface area contributed by atoms with Crippen LogP contribution in [0.3, 0.4) is 0 Å². The van der Waals surface area contributed by atoms with Crippen LogP contribution in [0.1, 0.15) is 30.9 Å². The van der Waals surface area contributed by atoms with E-state index in [1.807, 2.05) is 0 Å². The molecule has 0 spiro atoms. The fourth-order valence-electron chi connectivity index (χ4n) is 1.80. The first-order valence-electron chi connectivity index (χ1n) is 6.36. The fraction of sp³-hybridized carbons (Fsp3) is 0.250. The van der Waals surface area contributed by atoms with E-state index in [1.54, 1.807) is 11.8 Å². The van der Waals surface area contributed by atoms with Gasteiger partial charge in [0.2, 0.25) is 0 Å². The molecular weight excluding hydrogens is 318 g/mol. The fourth-order valence-corrected chi connectivity index (χ4v) is 3.29. The minimum Gasteiger partial charge on any atom is -0.326 e. The molecule has 2 aromatic carbocycles. The van der Waals surface area contributed by atoms with Crippen molar-refractivity contribution in [2.45, 2.75) is 36.1 Å². The summed E-state index contributed by atoms with van der Waals surface area (Å²) in [6.07, 6.45) is 0. The van der Waals surface area contributed by atoms with Crippen LogP contribution in [-0.4, -0.2) is 0 Å². The Morgan fingerprint density at radius 1 is 1.11 bits per heavy atom. The molecule has 1 nitrogen and oxygen atoms in total. The van der Waals surface area contributed by atoms with E-state index in [0.29, 0.717) is 12.5 Å². The molecule has 0 fully saturated rings. The first-order chi connectivity index (χ1) is 9.10. The second kappa shape index (κ2) is 6.60. The van der Waals surface area contributed by atoms with E-state index < -0.39 is 0 Å². The van der Waals surface area contributed by atoms with Gasteiger partial charge in [-0.15, -0.1) is 0 Å². The van der Waals surface area contributed by atoms with Crippen LogP contribution in [0.4, 0.5) is 0 Å². The van der Waals surface area contributed by atoms with Gasteiger partial charge in [-0.05, 0) is 57.2 Å². The van der Waals surface area contributed by atoms with Gasteiger partial charge in [0.05, 0.1) is 0 Å². The van der Waals surface area contributed by atoms with Gasteiger partial charge in [-0.1, -0.05) is 43.8 Å². The summed E-state index contributed by atoms with van der Waals surface area (Å²) in [5.74, 6) is 0.578. The zero-order valence-corrected chi connectivity index (χ0v) is 13.6. The highest BCUT2D eigenvalue weighted by atomic mass is 79.9. The topological polar surface area (TPSA) is 26.0 Å². The van der Waals surface area contributed by atoms with Gasteiger partial charge >= 0.3 is 0 Å². The lowest BCUT2D eigenvalue weighted by Crippen LogP contribution is -1.95. The highest BCUT2D eigenvalue weighted by Crippen LogP contribution is 2.34. The number of benzene rings is 2. The van der Waals surface area contributed by atoms with E-state index in [2.05, 4.69) is 72.2 Å². The molecule has 0 saturated carbocycles. The molecule has 100 valence electrons. The van der Waals surface area contributed by atoms with Crippen LogP contribution in [0.25, 0.3) is 0 Å². The first kappa shape index (κ1) is 14.6. The maximum atomic E-state index is 5.64. The molecule has 0 aliphatic carbocycles. The van der Waals surface area contributed by atoms with Crippen molar-refractivity contribution in [1.82, 2.24) is 0 Å². The Hall–Kier alpha value is -0.770. The molecule has 2 aromatic rings. The lowest BCUT2D eigenvalue weighted by Gasteiger charge is -2.08. The summed E-state index contributed by atoms with van der Waals surface area (Å²) in [5.41, 5.74) is 8.16. The molecule has 19 heavy (non-hydrogen) atoms. The quantitative estimate of drug-likeness (QED) is 0.832. The average molecular weight is 336 g/mol. The maximum Gasteiger partial charge on any atom is 0.0318 e. The summed E-state index contributed by atoms with van der Waals surface area (Å²) in [6, 6.07) is 15.1. The normalized spacial score (nSPS) is 11.0. The lowest BCUT2D eigenvalue weighted by molar-refractivity contribution is 0.865. The molecule has 0 aromatic heterocycles. The molecular formula is C16H18BrNS. The SMILES string of the molecule is CC(C)c1ccc(Sc2ccc(CN)cc2Br)cc1. The standard InChI is InChI=1S/C16H18BrNS/c1-11(2)13-4-6-14(7-5-13)19-16-8-3-12(10-18)9-15(16)17/h3-9,11H,10,18H2,1-2H3. The first-order valence-corrected chi connectivity index (χ1v) is 7.97. The minimum atomic E-state index is 0.576. The summed E-state index contributed by atoms with van der Waals surface area (Å²) < 4.78 is 1.10. The Morgan fingerprint density at radius 2 is 1.79 bits per heavy atom. The Morgan fingerprint density at radius 3 is 2.32 bits per heavy atom. The van der Waals surface area contributed by atoms with Crippen molar-refractivity contribution in [3.8, 4) is 0 Å². The zero-order valence-electron chi connectivity index (χ0n) is 11.2. The Bertz CT molecular complexity index is 549. The third-order valence-electron chi connectivity index (χ3n) is 3.01. The van der Waals surface area contributed by atoms with E-state index in [9.17, 15) is 0 Å². The van der Waals surface area contributed by atoms with Gasteiger partial charge < -0.3 is 5.73 Å². The van der Waals surface area contributed by atoms with E-state index in [1.165, 1.54) is 15.4 Å². The van der Waals surface area contributed by atoms with Gasteiger partial charge in [0.15, 0.2) is 0 Å². The smallest absolute Gasteiger partial charge is 0.0318 e. The third-order valence-corrected chi connectivity index (χ3v) is 5.01. The van der Waals surface area contributed by atoms with Crippen molar-refractivity contribution in [3.05, 3.63) is 58.1 Å². The van der Waals surface area contributed by atoms with Gasteiger partial charge in [0, 0.05) is 20.8 Å². The number of nitrogens with two attached hydrogens (primary N) is 1. The molecule has 2 rings (SSSR count). The maximum absolute atomic E-state index is 5.64. The van der Waals surface area contributed by atoms with Crippen LogP contribution in [0.5, 0.6) is 0 Å². The average Bonchev–Trinajstić information content (AvgIpc) is 2.41. The second-order valence-electron chi connectivity index (χ2n) is 4.79. The van der Waals surface area contributed by atoms with E-state index in [4.69, 9.17) is 5.73 Å². The van der Waals surface area contributed by atoms with Gasteiger partial charge in [0.25, 0.3) is 0 Å². The molecule has 0 atom stereocenters. The van der Waals surface area contributed by atoms with Crippen molar-refractivity contribution < 1.29 is 0 Å². The van der Waals surface area contributed by atoms with Crippen LogP contribution in [-0.2, 0) is 6.54 Å². The Labute approximate surface area is 127 Å². The van der Waals surface area contributed by atoms with Crippen molar-refractivity contribution in [2.24, 2.45) is 5.73 Å². The largest absolute Gasteiger partial charge is 0.326 e. The van der Waals surface area contributed by atoms with Crippen molar-refractivity contribution in [3.63, 3.8) is 0 Å². The molecule has 0 amide bonds. The molecule has 0 aliphatic heterocycles. The molecule has 0 unspecified atom stereocenters. The van der Waals surface area contributed by atoms with E-state index in [-0.39, 0.29) is 0 Å². The van der Waals surface area contributed by atoms with Gasteiger partial charge in [-0.2, -0.15) is 0 Å². The van der Waals surface area contributed by atoms with Crippen LogP contribution in [0, 0.1) is 0 Å². The summed E-state index contributed by atoms with van der Waals surface area (Å²) in [4.78, 5) is 2.47. The Kier molecular flexibility index (Phi) is 5.08. The van der Waals surface area contributed by atoms with Gasteiger partial charge in [-0.3, -0.25) is 0 Å². The third kappa shape index (κ3) is 3.85. The highest BCUT2D eigenvalue weighted by Gasteiger charge is 2.04. The van der Waals surface area contributed by atoms with Gasteiger partial charge in [-0.25, -0.2) is 0 Å². The highest BCUT2D eigenvalue weighted by molar-refractivity contribution is 9.10. The Balaban J connectivity index is 2.16. The van der Waals surface area contributed by atoms with Gasteiger partial charge in [0.1, 0.15) is 0 Å². The minimum absolute atomic E-state index is 0.576. The number of halogens is 1. The van der Waals surface area contributed by atoms with Crippen LogP contribution >= 0.6 is 27.7 Å². The predicted octanol–water partition coefficient (Wildman–Crippen LogP) is 5.18. The van der Waals surface area contributed by atoms with Crippen molar-refractivity contribution >= 4 is 27.7 Å². The molecule has 0 heterocycles. The molecule has 0 radical (unpaired) electrons. The van der Waals surface area contributed by atoms with Crippen LogP contribution in [0.2, 0.25) is 0 Å². The molecule has 2 N–H and O–H groups in total. The number of hydrogen-bond acceptors (Lipinski definition) is 2. The molecule has 0 bridgehead atoms. The molecule has 0 aliphatic rings. The predicted molar refractivity (Wildman–Crippen MR) is 86.7 cm³/mol. The molecule has 3 heteroatoms. The summed E-state index contributed by atoms with van der Waals surface area (Å²) in [6.45, 7) is 5.00. The monoisotopic (exact) mass is 335 g/mol. The van der Waals surface area contributed by atoms with E-state index in [0.717, 1.165) is 10.0 Å². The lowest BCUT2D eigenvalue weighted by atomic mass is 10.0. The summed E-state index contributed by atoms with van der Waals surface area (Å²) >= 11 is 5.37. The second-order valence-corrected chi connectivity index (χ2v) is 6.76. The molecule has 0 saturated heterocycles. The van der Waals surface area contributed by atoms with Crippen molar-refractivity contribution in [1.29, 1.82) is 0 Å². The van der Waals surface area contributed by atoms with Crippen LogP contribution < -0.4 is 5.73 Å². The number of hydrogen-bond donors (Lipinski definition) is 1. The van der Waals surface area contributed by atoms with Crippen molar-refractivity contribution in [2.75, 3.05) is 0 Å². The van der Waals surface area contributed by atoms with E-state index >= 15 is 0 Å². The summed E-state index contributed by atoms with van der Waals surface area (Å²) in [7, 11) is 0. The zero-order chi connectivity index (χ0) is 13.8. The summed E-state index contributed by atoms with van der Waals surface area (Å²) in [5, 5.41) is 0.